The molecule has 1 aliphatic carbocycles. The smallest absolute Gasteiger partial charge is 0.0401 e. The van der Waals surface area contributed by atoms with Crippen molar-refractivity contribution in [3.63, 3.8) is 0 Å². The summed E-state index contributed by atoms with van der Waals surface area (Å²) < 4.78 is 1.18. The Morgan fingerprint density at radius 2 is 1.67 bits per heavy atom. The van der Waals surface area contributed by atoms with Crippen LogP contribution >= 0.6 is 15.9 Å². The Bertz CT molecular complexity index is 633. The van der Waals surface area contributed by atoms with Crippen LogP contribution in [0, 0.1) is 20.8 Å². The van der Waals surface area contributed by atoms with Crippen LogP contribution in [0.5, 0.6) is 0 Å². The number of hydrogen-bond donors (Lipinski definition) is 1. The molecule has 1 N–H and O–H groups in total. The molecular formula is C19H22BrN. The van der Waals surface area contributed by atoms with Gasteiger partial charge in [0, 0.05) is 16.2 Å². The number of anilines is 1. The summed E-state index contributed by atoms with van der Waals surface area (Å²) in [4.78, 5) is 0. The summed E-state index contributed by atoms with van der Waals surface area (Å²) in [6, 6.07) is 13.9. The topological polar surface area (TPSA) is 12.0 Å². The highest BCUT2D eigenvalue weighted by molar-refractivity contribution is 9.10. The minimum Gasteiger partial charge on any atom is -0.382 e. The number of nitrogens with one attached hydrogen (secondary N) is 1. The quantitative estimate of drug-likeness (QED) is 0.749. The predicted octanol–water partition coefficient (Wildman–Crippen LogP) is 5.73. The lowest BCUT2D eigenvalue weighted by Crippen LogP contribution is -2.34. The highest BCUT2D eigenvalue weighted by Gasteiger charge is 2.30. The molecule has 3 rings (SSSR count). The Morgan fingerprint density at radius 3 is 2.29 bits per heavy atom. The third kappa shape index (κ3) is 3.16. The minimum absolute atomic E-state index is 0.606. The van der Waals surface area contributed by atoms with Gasteiger partial charge in [0.25, 0.3) is 0 Å². The zero-order chi connectivity index (χ0) is 15.0. The minimum atomic E-state index is 0.606. The van der Waals surface area contributed by atoms with Crippen LogP contribution in [0.25, 0.3) is 0 Å². The molecule has 0 aliphatic heterocycles. The highest BCUT2D eigenvalue weighted by atomic mass is 79.9. The Hall–Kier alpha value is -1.28. The maximum absolute atomic E-state index is 3.74. The number of halogens is 1. The first kappa shape index (κ1) is 14.6. The summed E-state index contributed by atoms with van der Waals surface area (Å²) in [7, 11) is 0. The lowest BCUT2D eigenvalue weighted by atomic mass is 9.75. The van der Waals surface area contributed by atoms with Gasteiger partial charge in [0.1, 0.15) is 0 Å². The maximum atomic E-state index is 3.74. The average Bonchev–Trinajstić information content (AvgIpc) is 2.35. The van der Waals surface area contributed by atoms with Crippen molar-refractivity contribution in [1.29, 1.82) is 0 Å². The third-order valence-corrected chi connectivity index (χ3v) is 4.98. The van der Waals surface area contributed by atoms with Crippen LogP contribution in [0.3, 0.4) is 0 Å². The van der Waals surface area contributed by atoms with E-state index in [1.807, 2.05) is 0 Å². The van der Waals surface area contributed by atoms with Gasteiger partial charge in [-0.2, -0.15) is 0 Å². The van der Waals surface area contributed by atoms with E-state index in [-0.39, 0.29) is 0 Å². The van der Waals surface area contributed by atoms with Gasteiger partial charge in [-0.05, 0) is 68.4 Å². The van der Waals surface area contributed by atoms with E-state index in [0.29, 0.717) is 12.0 Å². The monoisotopic (exact) mass is 343 g/mol. The first-order valence-electron chi connectivity index (χ1n) is 7.63. The van der Waals surface area contributed by atoms with Crippen molar-refractivity contribution in [2.75, 3.05) is 5.32 Å². The lowest BCUT2D eigenvalue weighted by Gasteiger charge is -2.37. The van der Waals surface area contributed by atoms with Gasteiger partial charge in [0.15, 0.2) is 0 Å². The van der Waals surface area contributed by atoms with Crippen molar-refractivity contribution in [2.45, 2.75) is 45.6 Å². The summed E-state index contributed by atoms with van der Waals surface area (Å²) >= 11 is 3.56. The summed E-state index contributed by atoms with van der Waals surface area (Å²) in [6.45, 7) is 6.57. The van der Waals surface area contributed by atoms with Gasteiger partial charge >= 0.3 is 0 Å². The molecule has 0 unspecified atom stereocenters. The first-order valence-corrected chi connectivity index (χ1v) is 8.42. The van der Waals surface area contributed by atoms with Gasteiger partial charge in [0.2, 0.25) is 0 Å². The fourth-order valence-electron chi connectivity index (χ4n) is 3.38. The molecule has 2 aromatic rings. The van der Waals surface area contributed by atoms with Crippen molar-refractivity contribution in [3.8, 4) is 0 Å². The second-order valence-electron chi connectivity index (χ2n) is 6.34. The molecule has 1 saturated carbocycles. The Kier molecular flexibility index (Phi) is 4.08. The van der Waals surface area contributed by atoms with E-state index in [9.17, 15) is 0 Å². The average molecular weight is 344 g/mol. The summed E-state index contributed by atoms with van der Waals surface area (Å²) in [6.07, 6.45) is 2.45. The van der Waals surface area contributed by atoms with Crippen molar-refractivity contribution in [2.24, 2.45) is 0 Å². The van der Waals surface area contributed by atoms with Gasteiger partial charge in [-0.25, -0.2) is 0 Å². The Balaban J connectivity index is 1.65. The van der Waals surface area contributed by atoms with Crippen LogP contribution < -0.4 is 5.32 Å². The summed E-state index contributed by atoms with van der Waals surface area (Å²) in [5, 5.41) is 3.74. The number of aryl methyl sites for hydroxylation is 3. The molecule has 2 aromatic carbocycles. The van der Waals surface area contributed by atoms with E-state index in [2.05, 4.69) is 78.4 Å². The molecule has 1 aliphatic rings. The molecule has 21 heavy (non-hydrogen) atoms. The third-order valence-electron chi connectivity index (χ3n) is 4.48. The molecule has 0 aromatic heterocycles. The fraction of sp³-hybridized carbons (Fsp3) is 0.368. The summed E-state index contributed by atoms with van der Waals surface area (Å²) in [5.41, 5.74) is 6.85. The highest BCUT2D eigenvalue weighted by Crippen LogP contribution is 2.40. The van der Waals surface area contributed by atoms with Gasteiger partial charge in [-0.15, -0.1) is 0 Å². The van der Waals surface area contributed by atoms with Gasteiger partial charge in [0.05, 0.1) is 0 Å². The van der Waals surface area contributed by atoms with Gasteiger partial charge in [-0.1, -0.05) is 45.8 Å². The second kappa shape index (κ2) is 5.84. The van der Waals surface area contributed by atoms with E-state index in [1.54, 1.807) is 0 Å². The van der Waals surface area contributed by atoms with Crippen molar-refractivity contribution < 1.29 is 0 Å². The van der Waals surface area contributed by atoms with E-state index in [1.165, 1.54) is 45.3 Å². The molecule has 0 saturated heterocycles. The standard InChI is InChI=1S/C19H22BrN/c1-12-7-13(2)19(14(3)8-12)21-18-10-16(11-18)15-5-4-6-17(20)9-15/h4-9,16,18,21H,10-11H2,1-3H3. The van der Waals surface area contributed by atoms with Crippen LogP contribution in [0.15, 0.2) is 40.9 Å². The summed E-state index contributed by atoms with van der Waals surface area (Å²) in [5.74, 6) is 0.700. The first-order chi connectivity index (χ1) is 10.0. The van der Waals surface area contributed by atoms with E-state index in [0.717, 1.165) is 0 Å². The predicted molar refractivity (Wildman–Crippen MR) is 94.2 cm³/mol. The lowest BCUT2D eigenvalue weighted by molar-refractivity contribution is 0.374. The van der Waals surface area contributed by atoms with E-state index in [4.69, 9.17) is 0 Å². The molecule has 0 heterocycles. The van der Waals surface area contributed by atoms with Crippen LogP contribution in [-0.4, -0.2) is 6.04 Å². The van der Waals surface area contributed by atoms with E-state index >= 15 is 0 Å². The van der Waals surface area contributed by atoms with Crippen molar-refractivity contribution in [3.05, 3.63) is 63.1 Å². The number of hydrogen-bond acceptors (Lipinski definition) is 1. The fourth-order valence-corrected chi connectivity index (χ4v) is 3.80. The van der Waals surface area contributed by atoms with Gasteiger partial charge < -0.3 is 5.32 Å². The Morgan fingerprint density at radius 1 is 1.00 bits per heavy atom. The SMILES string of the molecule is Cc1cc(C)c(NC2CC(c3cccc(Br)c3)C2)c(C)c1. The molecule has 0 bridgehead atoms. The van der Waals surface area contributed by atoms with Crippen LogP contribution in [0.2, 0.25) is 0 Å². The molecule has 0 atom stereocenters. The molecular weight excluding hydrogens is 322 g/mol. The van der Waals surface area contributed by atoms with Gasteiger partial charge in [-0.3, -0.25) is 0 Å². The molecule has 1 fully saturated rings. The zero-order valence-electron chi connectivity index (χ0n) is 12.9. The number of rotatable bonds is 3. The normalized spacial score (nSPS) is 21.0. The van der Waals surface area contributed by atoms with Crippen LogP contribution in [0.1, 0.15) is 41.0 Å². The van der Waals surface area contributed by atoms with Crippen molar-refractivity contribution in [1.82, 2.24) is 0 Å². The zero-order valence-corrected chi connectivity index (χ0v) is 14.5. The second-order valence-corrected chi connectivity index (χ2v) is 7.25. The molecule has 0 radical (unpaired) electrons. The largest absolute Gasteiger partial charge is 0.382 e. The molecule has 2 heteroatoms. The molecule has 110 valence electrons. The molecule has 1 nitrogen and oxygen atoms in total. The maximum Gasteiger partial charge on any atom is 0.0401 e. The number of benzene rings is 2. The molecule has 0 spiro atoms. The van der Waals surface area contributed by atoms with Crippen LogP contribution in [-0.2, 0) is 0 Å². The van der Waals surface area contributed by atoms with Crippen molar-refractivity contribution >= 4 is 21.6 Å². The molecule has 0 amide bonds. The Labute approximate surface area is 135 Å². The van der Waals surface area contributed by atoms with Crippen LogP contribution in [0.4, 0.5) is 5.69 Å². The van der Waals surface area contributed by atoms with E-state index < -0.39 is 0 Å².